The molecule has 0 saturated carbocycles. The van der Waals surface area contributed by atoms with Gasteiger partial charge in [0.2, 0.25) is 0 Å². The van der Waals surface area contributed by atoms with Crippen molar-refractivity contribution in [1.82, 2.24) is 9.80 Å². The Hall–Kier alpha value is -3.30. The first-order valence-corrected chi connectivity index (χ1v) is 13.9. The van der Waals surface area contributed by atoms with Gasteiger partial charge in [-0.2, -0.15) is 13.2 Å². The minimum atomic E-state index is -4.36. The molecular weight excluding hydrogens is 519 g/mol. The van der Waals surface area contributed by atoms with E-state index in [1.165, 1.54) is 19.2 Å². The van der Waals surface area contributed by atoms with Crippen LogP contribution in [0, 0.1) is 5.92 Å². The molecule has 2 atom stereocenters. The van der Waals surface area contributed by atoms with Crippen molar-refractivity contribution in [2.45, 2.75) is 38.0 Å². The van der Waals surface area contributed by atoms with Gasteiger partial charge in [0.15, 0.2) is 0 Å². The summed E-state index contributed by atoms with van der Waals surface area (Å²) in [6, 6.07) is 17.6. The van der Waals surface area contributed by atoms with Gasteiger partial charge >= 0.3 is 12.1 Å². The first-order chi connectivity index (χ1) is 19.2. The fraction of sp³-hybridized carbons (Fsp3) is 0.452. The van der Waals surface area contributed by atoms with Crippen molar-refractivity contribution in [3.8, 4) is 5.75 Å². The molecule has 9 heteroatoms. The summed E-state index contributed by atoms with van der Waals surface area (Å²) >= 11 is 0. The Kier molecular flexibility index (Phi) is 8.51. The van der Waals surface area contributed by atoms with Crippen LogP contribution in [0.1, 0.15) is 30.4 Å². The van der Waals surface area contributed by atoms with Crippen LogP contribution in [0.4, 0.5) is 18.9 Å². The Labute approximate surface area is 232 Å². The van der Waals surface area contributed by atoms with Gasteiger partial charge in [0.05, 0.1) is 12.7 Å². The maximum Gasteiger partial charge on any atom is 0.416 e. The van der Waals surface area contributed by atoms with E-state index in [0.717, 1.165) is 55.0 Å². The molecule has 2 heterocycles. The van der Waals surface area contributed by atoms with Crippen LogP contribution in [0.5, 0.6) is 5.75 Å². The number of likely N-dealkylation sites (tertiary alicyclic amines) is 1. The Bertz CT molecular complexity index is 1320. The summed E-state index contributed by atoms with van der Waals surface area (Å²) in [5.41, 5.74) is 0.888. The van der Waals surface area contributed by atoms with Gasteiger partial charge < -0.3 is 14.7 Å². The molecule has 3 aromatic rings. The molecule has 2 aliphatic heterocycles. The lowest BCUT2D eigenvalue weighted by Crippen LogP contribution is -2.56. The van der Waals surface area contributed by atoms with Crippen LogP contribution in [0.25, 0.3) is 10.8 Å². The number of nitrogens with zero attached hydrogens (tertiary/aromatic N) is 3. The maximum atomic E-state index is 13.2. The average molecular weight is 556 g/mol. The van der Waals surface area contributed by atoms with E-state index in [4.69, 9.17) is 4.74 Å². The molecule has 214 valence electrons. The lowest BCUT2D eigenvalue weighted by Gasteiger charge is -2.47. The second-order valence-electron chi connectivity index (χ2n) is 10.8. The quantitative estimate of drug-likeness (QED) is 0.387. The van der Waals surface area contributed by atoms with Crippen LogP contribution in [0.3, 0.4) is 0 Å². The maximum absolute atomic E-state index is 13.2. The SMILES string of the molecule is COC(=O)CC[C@H]1CN(Cc2c(O)ccc3ccccc23)CC[C@H]1N1CCN(c2cccc(C(F)(F)F)c2)CC1. The normalized spacial score (nSPS) is 21.1. The van der Waals surface area contributed by atoms with Gasteiger partial charge in [-0.15, -0.1) is 0 Å². The van der Waals surface area contributed by atoms with E-state index in [0.29, 0.717) is 38.2 Å². The lowest BCUT2D eigenvalue weighted by atomic mass is 9.86. The molecule has 3 aromatic carbocycles. The second kappa shape index (κ2) is 12.1. The van der Waals surface area contributed by atoms with E-state index in [1.54, 1.807) is 12.1 Å². The number of esters is 1. The van der Waals surface area contributed by atoms with E-state index >= 15 is 0 Å². The number of carbonyl (C=O) groups excluding carboxylic acids is 1. The van der Waals surface area contributed by atoms with Crippen molar-refractivity contribution in [1.29, 1.82) is 0 Å². The van der Waals surface area contributed by atoms with Crippen LogP contribution in [-0.2, 0) is 22.3 Å². The number of piperidine rings is 1. The molecule has 2 aliphatic rings. The average Bonchev–Trinajstić information content (AvgIpc) is 2.97. The van der Waals surface area contributed by atoms with Crippen LogP contribution in [0.15, 0.2) is 60.7 Å². The first-order valence-electron chi connectivity index (χ1n) is 13.9. The number of alkyl halides is 3. The highest BCUT2D eigenvalue weighted by atomic mass is 19.4. The molecule has 0 amide bonds. The minimum Gasteiger partial charge on any atom is -0.508 e. The van der Waals surface area contributed by atoms with Gasteiger partial charge in [-0.25, -0.2) is 0 Å². The number of ether oxygens (including phenoxy) is 1. The number of piperazine rings is 1. The molecule has 40 heavy (non-hydrogen) atoms. The van der Waals surface area contributed by atoms with Gasteiger partial charge in [0.25, 0.3) is 0 Å². The molecule has 0 aliphatic carbocycles. The number of aromatic hydroxyl groups is 1. The number of hydrogen-bond donors (Lipinski definition) is 1. The summed E-state index contributed by atoms with van der Waals surface area (Å²) in [7, 11) is 1.41. The zero-order valence-electron chi connectivity index (χ0n) is 22.7. The summed E-state index contributed by atoms with van der Waals surface area (Å²) in [5.74, 6) is 0.291. The Balaban J connectivity index is 1.27. The largest absolute Gasteiger partial charge is 0.508 e. The fourth-order valence-corrected chi connectivity index (χ4v) is 6.31. The monoisotopic (exact) mass is 555 g/mol. The zero-order valence-corrected chi connectivity index (χ0v) is 22.7. The Morgan fingerprint density at radius 1 is 1.00 bits per heavy atom. The number of rotatable bonds is 7. The number of methoxy groups -OCH3 is 1. The van der Waals surface area contributed by atoms with Crippen molar-refractivity contribution in [3.63, 3.8) is 0 Å². The number of benzene rings is 3. The standard InChI is InChI=1S/C31H36F3N3O3/c1-40-30(39)12-10-23-20-35(21-27-26-8-3-2-5-22(26)9-11-29(27)38)14-13-28(23)37-17-15-36(16-18-37)25-7-4-6-24(19-25)31(32,33)34/h2-9,11,19,23,28,38H,10,12-18,20-21H2,1H3/t23-,28+/m0/s1. The topological polar surface area (TPSA) is 56.2 Å². The van der Waals surface area contributed by atoms with Crippen LogP contribution in [0.2, 0.25) is 0 Å². The summed E-state index contributed by atoms with van der Waals surface area (Å²) in [6.07, 6.45) is -2.40. The van der Waals surface area contributed by atoms with E-state index in [9.17, 15) is 23.1 Å². The molecule has 0 bridgehead atoms. The van der Waals surface area contributed by atoms with Crippen LogP contribution < -0.4 is 4.90 Å². The molecule has 2 saturated heterocycles. The predicted molar refractivity (Wildman–Crippen MR) is 149 cm³/mol. The molecule has 0 radical (unpaired) electrons. The van der Waals surface area contributed by atoms with Crippen LogP contribution >= 0.6 is 0 Å². The number of anilines is 1. The van der Waals surface area contributed by atoms with E-state index in [-0.39, 0.29) is 23.7 Å². The number of hydrogen-bond acceptors (Lipinski definition) is 6. The highest BCUT2D eigenvalue weighted by molar-refractivity contribution is 5.87. The third-order valence-electron chi connectivity index (χ3n) is 8.44. The first kappa shape index (κ1) is 28.2. The molecular formula is C31H36F3N3O3. The number of carbonyl (C=O) groups is 1. The minimum absolute atomic E-state index is 0.225. The van der Waals surface area contributed by atoms with Gasteiger partial charge in [-0.3, -0.25) is 14.6 Å². The van der Waals surface area contributed by atoms with E-state index in [1.807, 2.05) is 35.2 Å². The van der Waals surface area contributed by atoms with Crippen LogP contribution in [-0.4, -0.2) is 73.3 Å². The van der Waals surface area contributed by atoms with Gasteiger partial charge in [0, 0.05) is 63.0 Å². The number of fused-ring (bicyclic) bond motifs is 1. The van der Waals surface area contributed by atoms with Crippen molar-refractivity contribution in [2.75, 3.05) is 51.3 Å². The third kappa shape index (κ3) is 6.36. The molecule has 0 aromatic heterocycles. The smallest absolute Gasteiger partial charge is 0.416 e. The number of halogens is 3. The number of phenolic OH excluding ortho intramolecular Hbond substituents is 1. The Morgan fingerprint density at radius 2 is 1.77 bits per heavy atom. The summed E-state index contributed by atoms with van der Waals surface area (Å²) in [6.45, 7) is 5.07. The molecule has 0 spiro atoms. The Morgan fingerprint density at radius 3 is 2.52 bits per heavy atom. The zero-order chi connectivity index (χ0) is 28.3. The third-order valence-corrected chi connectivity index (χ3v) is 8.44. The van der Waals surface area contributed by atoms with Gasteiger partial charge in [-0.05, 0) is 60.3 Å². The molecule has 5 rings (SSSR count). The van der Waals surface area contributed by atoms with E-state index in [2.05, 4.69) is 9.80 Å². The summed E-state index contributed by atoms with van der Waals surface area (Å²) in [4.78, 5) is 18.9. The molecule has 6 nitrogen and oxygen atoms in total. The fourth-order valence-electron chi connectivity index (χ4n) is 6.31. The lowest BCUT2D eigenvalue weighted by molar-refractivity contribution is -0.141. The van der Waals surface area contributed by atoms with Gasteiger partial charge in [-0.1, -0.05) is 36.4 Å². The summed E-state index contributed by atoms with van der Waals surface area (Å²) in [5, 5.41) is 12.8. The van der Waals surface area contributed by atoms with Crippen molar-refractivity contribution in [3.05, 3.63) is 71.8 Å². The highest BCUT2D eigenvalue weighted by Gasteiger charge is 2.36. The van der Waals surface area contributed by atoms with Crippen molar-refractivity contribution < 1.29 is 27.8 Å². The molecule has 2 fully saturated rings. The molecule has 1 N–H and O–H groups in total. The van der Waals surface area contributed by atoms with Gasteiger partial charge in [0.1, 0.15) is 5.75 Å². The highest BCUT2D eigenvalue weighted by Crippen LogP contribution is 2.34. The second-order valence-corrected chi connectivity index (χ2v) is 10.8. The van der Waals surface area contributed by atoms with Crippen molar-refractivity contribution >= 4 is 22.4 Å². The van der Waals surface area contributed by atoms with Crippen molar-refractivity contribution in [2.24, 2.45) is 5.92 Å². The summed E-state index contributed by atoms with van der Waals surface area (Å²) < 4.78 is 44.6. The van der Waals surface area contributed by atoms with E-state index < -0.39 is 11.7 Å². The number of phenols is 1. The molecule has 0 unspecified atom stereocenters. The predicted octanol–water partition coefficient (Wildman–Crippen LogP) is 5.53.